The molecule has 0 bridgehead atoms. The van der Waals surface area contributed by atoms with Gasteiger partial charge in [0.15, 0.2) is 6.29 Å². The molecule has 1 heterocycles. The first kappa shape index (κ1) is 15.5. The van der Waals surface area contributed by atoms with E-state index >= 15 is 0 Å². The molecule has 0 aliphatic heterocycles. The summed E-state index contributed by atoms with van der Waals surface area (Å²) < 4.78 is 2.04. The quantitative estimate of drug-likeness (QED) is 0.545. The minimum Gasteiger partial charge on any atom is -0.298 e. The van der Waals surface area contributed by atoms with Gasteiger partial charge in [-0.1, -0.05) is 44.2 Å². The van der Waals surface area contributed by atoms with Crippen LogP contribution in [0.1, 0.15) is 54.0 Å². The Kier molecular flexibility index (Phi) is 5.73. The molecular weight excluding hydrogens is 260 g/mol. The molecule has 0 aliphatic carbocycles. The minimum absolute atomic E-state index is 0.808. The van der Waals surface area contributed by atoms with Gasteiger partial charge in [-0.15, -0.1) is 0 Å². The van der Waals surface area contributed by atoms with E-state index < -0.39 is 0 Å². The fourth-order valence-electron chi connectivity index (χ4n) is 2.76. The predicted octanol–water partition coefficient (Wildman–Crippen LogP) is 3.84. The Hall–Kier alpha value is -1.90. The van der Waals surface area contributed by atoms with Gasteiger partial charge in [-0.25, -0.2) is 0 Å². The van der Waals surface area contributed by atoms with Crippen molar-refractivity contribution < 1.29 is 4.79 Å². The highest BCUT2D eigenvalue weighted by Gasteiger charge is 2.14. The van der Waals surface area contributed by atoms with E-state index in [0.29, 0.717) is 0 Å². The number of carbonyl (C=O) groups excluding carboxylic acids is 1. The van der Waals surface area contributed by atoms with Crippen LogP contribution in [0.3, 0.4) is 0 Å². The van der Waals surface area contributed by atoms with Gasteiger partial charge in [0.05, 0.1) is 11.3 Å². The van der Waals surface area contributed by atoms with Crippen molar-refractivity contribution in [3.05, 3.63) is 52.8 Å². The van der Waals surface area contributed by atoms with Crippen LogP contribution in [0.25, 0.3) is 0 Å². The normalized spacial score (nSPS) is 10.8. The first-order valence-corrected chi connectivity index (χ1v) is 7.87. The highest BCUT2D eigenvalue weighted by atomic mass is 16.1. The fraction of sp³-hybridized carbons (Fsp3) is 0.444. The summed E-state index contributed by atoms with van der Waals surface area (Å²) in [5.41, 5.74) is 4.21. The molecule has 0 atom stereocenters. The van der Waals surface area contributed by atoms with Gasteiger partial charge in [-0.2, -0.15) is 5.10 Å². The molecule has 0 spiro atoms. The van der Waals surface area contributed by atoms with Gasteiger partial charge in [0.2, 0.25) is 0 Å². The van der Waals surface area contributed by atoms with Crippen LogP contribution in [0.5, 0.6) is 0 Å². The molecule has 0 aliphatic rings. The molecule has 21 heavy (non-hydrogen) atoms. The van der Waals surface area contributed by atoms with Crippen LogP contribution in [-0.4, -0.2) is 16.1 Å². The first-order chi connectivity index (χ1) is 10.3. The van der Waals surface area contributed by atoms with Crippen molar-refractivity contribution in [1.29, 1.82) is 0 Å². The highest BCUT2D eigenvalue weighted by molar-refractivity contribution is 5.78. The summed E-state index contributed by atoms with van der Waals surface area (Å²) in [6.45, 7) is 5.04. The fourth-order valence-corrected chi connectivity index (χ4v) is 2.76. The number of carbonyl (C=O) groups is 1. The van der Waals surface area contributed by atoms with Crippen LogP contribution < -0.4 is 0 Å². The van der Waals surface area contributed by atoms with Crippen molar-refractivity contribution in [2.75, 3.05) is 0 Å². The Balaban J connectivity index is 1.94. The maximum atomic E-state index is 11.2. The summed E-state index contributed by atoms with van der Waals surface area (Å²) in [6, 6.07) is 10.6. The zero-order valence-corrected chi connectivity index (χ0v) is 13.0. The van der Waals surface area contributed by atoms with Gasteiger partial charge in [-0.05, 0) is 37.7 Å². The van der Waals surface area contributed by atoms with E-state index in [9.17, 15) is 4.79 Å². The van der Waals surface area contributed by atoms with E-state index in [0.717, 1.165) is 61.9 Å². The molecule has 2 aromatic rings. The Morgan fingerprint density at radius 2 is 1.86 bits per heavy atom. The van der Waals surface area contributed by atoms with Crippen molar-refractivity contribution in [2.24, 2.45) is 0 Å². The van der Waals surface area contributed by atoms with Crippen molar-refractivity contribution >= 4 is 6.29 Å². The smallest absolute Gasteiger partial charge is 0.153 e. The number of hydrogen-bond acceptors (Lipinski definition) is 2. The lowest BCUT2D eigenvalue weighted by Gasteiger charge is -2.06. The number of rotatable bonds is 8. The van der Waals surface area contributed by atoms with E-state index in [4.69, 9.17) is 0 Å². The van der Waals surface area contributed by atoms with Gasteiger partial charge >= 0.3 is 0 Å². The summed E-state index contributed by atoms with van der Waals surface area (Å²) in [7, 11) is 0. The Labute approximate surface area is 127 Å². The summed E-state index contributed by atoms with van der Waals surface area (Å²) >= 11 is 0. The lowest BCUT2D eigenvalue weighted by atomic mass is 10.1. The van der Waals surface area contributed by atoms with Gasteiger partial charge in [0, 0.05) is 12.2 Å². The van der Waals surface area contributed by atoms with E-state index in [-0.39, 0.29) is 0 Å². The molecule has 3 nitrogen and oxygen atoms in total. The molecule has 0 N–H and O–H groups in total. The van der Waals surface area contributed by atoms with Gasteiger partial charge in [-0.3, -0.25) is 9.48 Å². The average Bonchev–Trinajstić information content (AvgIpc) is 2.89. The molecule has 0 radical (unpaired) electrons. The average molecular weight is 284 g/mol. The highest BCUT2D eigenvalue weighted by Crippen LogP contribution is 2.15. The van der Waals surface area contributed by atoms with Crippen LogP contribution in [0, 0.1) is 0 Å². The molecule has 1 aromatic carbocycles. The molecule has 0 amide bonds. The molecule has 112 valence electrons. The number of unbranched alkanes of at least 4 members (excludes halogenated alkanes) is 1. The summed E-state index contributed by atoms with van der Waals surface area (Å²) in [5, 5.41) is 4.60. The monoisotopic (exact) mass is 284 g/mol. The Morgan fingerprint density at radius 3 is 2.48 bits per heavy atom. The SMILES string of the molecule is CCc1nn(CCCCc2ccccc2)c(CC)c1C=O. The number of benzene rings is 1. The third kappa shape index (κ3) is 3.81. The van der Waals surface area contributed by atoms with Crippen LogP contribution in [-0.2, 0) is 25.8 Å². The number of aldehydes is 1. The van der Waals surface area contributed by atoms with Crippen molar-refractivity contribution in [3.63, 3.8) is 0 Å². The van der Waals surface area contributed by atoms with Crippen molar-refractivity contribution in [1.82, 2.24) is 9.78 Å². The topological polar surface area (TPSA) is 34.9 Å². The van der Waals surface area contributed by atoms with E-state index in [2.05, 4.69) is 43.2 Å². The van der Waals surface area contributed by atoms with Gasteiger partial charge < -0.3 is 0 Å². The van der Waals surface area contributed by atoms with Crippen LogP contribution in [0.15, 0.2) is 30.3 Å². The number of nitrogens with zero attached hydrogens (tertiary/aromatic N) is 2. The summed E-state index contributed by atoms with van der Waals surface area (Å²) in [6.07, 6.45) is 5.98. The molecule has 0 unspecified atom stereocenters. The van der Waals surface area contributed by atoms with Gasteiger partial charge in [0.25, 0.3) is 0 Å². The van der Waals surface area contributed by atoms with E-state index in [1.54, 1.807) is 0 Å². The van der Waals surface area contributed by atoms with Gasteiger partial charge in [0.1, 0.15) is 0 Å². The Bertz CT molecular complexity index is 572. The molecule has 2 rings (SSSR count). The number of aromatic nitrogens is 2. The third-order valence-corrected chi connectivity index (χ3v) is 3.89. The second-order valence-electron chi connectivity index (χ2n) is 5.30. The minimum atomic E-state index is 0.808. The molecule has 0 saturated carbocycles. The van der Waals surface area contributed by atoms with E-state index in [1.165, 1.54) is 5.56 Å². The predicted molar refractivity (Wildman–Crippen MR) is 85.8 cm³/mol. The first-order valence-electron chi connectivity index (χ1n) is 7.87. The molecule has 0 fully saturated rings. The summed E-state index contributed by atoms with van der Waals surface area (Å²) in [5.74, 6) is 0. The molecular formula is C18H24N2O. The largest absolute Gasteiger partial charge is 0.298 e. The maximum Gasteiger partial charge on any atom is 0.153 e. The summed E-state index contributed by atoms with van der Waals surface area (Å²) in [4.78, 5) is 11.2. The molecule has 0 saturated heterocycles. The zero-order chi connectivity index (χ0) is 15.1. The third-order valence-electron chi connectivity index (χ3n) is 3.89. The lowest BCUT2D eigenvalue weighted by molar-refractivity contribution is 0.112. The Morgan fingerprint density at radius 1 is 1.10 bits per heavy atom. The standard InChI is InChI=1S/C18H24N2O/c1-3-17-16(14-21)18(4-2)20(19-17)13-9-8-12-15-10-6-5-7-11-15/h5-7,10-11,14H,3-4,8-9,12-13H2,1-2H3. The number of aryl methyl sites for hydroxylation is 3. The molecule has 1 aromatic heterocycles. The molecule has 3 heteroatoms. The van der Waals surface area contributed by atoms with Crippen molar-refractivity contribution in [3.8, 4) is 0 Å². The number of hydrogen-bond donors (Lipinski definition) is 0. The van der Waals surface area contributed by atoms with Crippen LogP contribution >= 0.6 is 0 Å². The zero-order valence-electron chi connectivity index (χ0n) is 13.0. The van der Waals surface area contributed by atoms with Crippen molar-refractivity contribution in [2.45, 2.75) is 52.5 Å². The van der Waals surface area contributed by atoms with Crippen LogP contribution in [0.2, 0.25) is 0 Å². The second-order valence-corrected chi connectivity index (χ2v) is 5.30. The second kappa shape index (κ2) is 7.77. The maximum absolute atomic E-state index is 11.2. The van der Waals surface area contributed by atoms with E-state index in [1.807, 2.05) is 10.7 Å². The van der Waals surface area contributed by atoms with Crippen LogP contribution in [0.4, 0.5) is 0 Å². The lowest BCUT2D eigenvalue weighted by Crippen LogP contribution is -2.06.